The molecule has 0 N–H and O–H groups in total. The number of hydrogen-bond donors (Lipinski definition) is 0. The summed E-state index contributed by atoms with van der Waals surface area (Å²) in [6, 6.07) is 5.88. The van der Waals surface area contributed by atoms with Crippen LogP contribution < -0.4 is 0 Å². The summed E-state index contributed by atoms with van der Waals surface area (Å²) in [6.07, 6.45) is 0.794. The number of nitrogens with zero attached hydrogens (tertiary/aromatic N) is 2. The average Bonchev–Trinajstić information content (AvgIpc) is 2.99. The third-order valence-corrected chi connectivity index (χ3v) is 4.19. The topological polar surface area (TPSA) is 63.5 Å². The van der Waals surface area contributed by atoms with Gasteiger partial charge in [0.1, 0.15) is 0 Å². The second-order valence-electron chi connectivity index (χ2n) is 4.78. The van der Waals surface area contributed by atoms with E-state index in [0.29, 0.717) is 13.1 Å². The summed E-state index contributed by atoms with van der Waals surface area (Å²) >= 11 is 7.62. The zero-order valence-corrected chi connectivity index (χ0v) is 13.6. The Balaban J connectivity index is 2.30. The lowest BCUT2D eigenvalue weighted by Gasteiger charge is -2.22. The molecule has 1 heterocycles. The molecule has 0 saturated carbocycles. The molecule has 1 aromatic carbocycles. The van der Waals surface area contributed by atoms with E-state index in [2.05, 4.69) is 0 Å². The Morgan fingerprint density at radius 3 is 2.77 bits per heavy atom. The van der Waals surface area contributed by atoms with Crippen LogP contribution in [0.5, 0.6) is 0 Å². The van der Waals surface area contributed by atoms with Crippen molar-refractivity contribution in [3.05, 3.63) is 61.3 Å². The molecule has 0 unspecified atom stereocenters. The Morgan fingerprint density at radius 2 is 2.18 bits per heavy atom. The van der Waals surface area contributed by atoms with E-state index in [-0.39, 0.29) is 22.2 Å². The van der Waals surface area contributed by atoms with Gasteiger partial charge < -0.3 is 4.90 Å². The Bertz CT molecular complexity index is 673. The van der Waals surface area contributed by atoms with E-state index >= 15 is 0 Å². The smallest absolute Gasteiger partial charge is 0.270 e. The summed E-state index contributed by atoms with van der Waals surface area (Å²) in [4.78, 5) is 24.7. The molecule has 0 bridgehead atoms. The largest absolute Gasteiger partial charge is 0.334 e. The monoisotopic (exact) mass is 338 g/mol. The first-order chi connectivity index (χ1) is 10.5. The van der Waals surface area contributed by atoms with Gasteiger partial charge in [-0.15, -0.1) is 0 Å². The molecule has 22 heavy (non-hydrogen) atoms. The van der Waals surface area contributed by atoms with Crippen molar-refractivity contribution in [1.82, 2.24) is 4.90 Å². The Morgan fingerprint density at radius 1 is 1.41 bits per heavy atom. The Hall–Kier alpha value is -1.92. The standard InChI is InChI=1S/C15H15ClN2O3S/c1-2-6-17(9-11-5-7-22-10-11)15(19)13-8-12(18(20)21)3-4-14(13)16/h3-5,7-8,10H,2,6,9H2,1H3. The normalized spacial score (nSPS) is 10.5. The molecular formula is C15H15ClN2O3S. The Labute approximate surface area is 137 Å². The average molecular weight is 339 g/mol. The maximum absolute atomic E-state index is 12.7. The fourth-order valence-electron chi connectivity index (χ4n) is 2.09. The number of amides is 1. The molecule has 0 saturated heterocycles. The van der Waals surface area contributed by atoms with Gasteiger partial charge in [0.25, 0.3) is 11.6 Å². The maximum Gasteiger partial charge on any atom is 0.270 e. The van der Waals surface area contributed by atoms with Gasteiger partial charge in [0, 0.05) is 25.2 Å². The minimum Gasteiger partial charge on any atom is -0.334 e. The lowest BCUT2D eigenvalue weighted by molar-refractivity contribution is -0.384. The van der Waals surface area contributed by atoms with Crippen LogP contribution in [0.4, 0.5) is 5.69 Å². The number of benzene rings is 1. The number of rotatable bonds is 6. The molecule has 5 nitrogen and oxygen atoms in total. The molecule has 7 heteroatoms. The lowest BCUT2D eigenvalue weighted by atomic mass is 10.1. The van der Waals surface area contributed by atoms with Crippen molar-refractivity contribution in [3.8, 4) is 0 Å². The van der Waals surface area contributed by atoms with Gasteiger partial charge >= 0.3 is 0 Å². The summed E-state index contributed by atoms with van der Waals surface area (Å²) in [6.45, 7) is 3.01. The SMILES string of the molecule is CCCN(Cc1ccsc1)C(=O)c1cc([N+](=O)[O-])ccc1Cl. The first kappa shape index (κ1) is 16.5. The molecule has 0 aliphatic rings. The van der Waals surface area contributed by atoms with Crippen molar-refractivity contribution < 1.29 is 9.72 Å². The van der Waals surface area contributed by atoms with Gasteiger partial charge in [0.2, 0.25) is 0 Å². The summed E-state index contributed by atoms with van der Waals surface area (Å²) in [7, 11) is 0. The van der Waals surface area contributed by atoms with Gasteiger partial charge in [-0.25, -0.2) is 0 Å². The Kier molecular flexibility index (Phi) is 5.51. The maximum atomic E-state index is 12.7. The number of carbonyl (C=O) groups is 1. The van der Waals surface area contributed by atoms with E-state index < -0.39 is 4.92 Å². The number of thiophene rings is 1. The van der Waals surface area contributed by atoms with E-state index in [1.165, 1.54) is 18.2 Å². The molecule has 0 atom stereocenters. The fraction of sp³-hybridized carbons (Fsp3) is 0.267. The van der Waals surface area contributed by atoms with Crippen molar-refractivity contribution in [2.75, 3.05) is 6.54 Å². The van der Waals surface area contributed by atoms with Gasteiger partial charge in [-0.3, -0.25) is 14.9 Å². The van der Waals surface area contributed by atoms with Crippen LogP contribution in [0.3, 0.4) is 0 Å². The van der Waals surface area contributed by atoms with Gasteiger partial charge in [-0.1, -0.05) is 18.5 Å². The van der Waals surface area contributed by atoms with Crippen LogP contribution in [0.1, 0.15) is 29.3 Å². The first-order valence-corrected chi connectivity index (χ1v) is 8.09. The van der Waals surface area contributed by atoms with Crippen molar-refractivity contribution in [2.45, 2.75) is 19.9 Å². The van der Waals surface area contributed by atoms with E-state index in [4.69, 9.17) is 11.6 Å². The molecular weight excluding hydrogens is 324 g/mol. The molecule has 0 radical (unpaired) electrons. The van der Waals surface area contributed by atoms with Crippen molar-refractivity contribution >= 4 is 34.5 Å². The molecule has 0 aliphatic carbocycles. The molecule has 2 rings (SSSR count). The van der Waals surface area contributed by atoms with Gasteiger partial charge in [0.05, 0.1) is 15.5 Å². The summed E-state index contributed by atoms with van der Waals surface area (Å²) in [5.41, 5.74) is 1.06. The van der Waals surface area contributed by atoms with E-state index in [1.54, 1.807) is 16.2 Å². The van der Waals surface area contributed by atoms with Crippen LogP contribution in [0.2, 0.25) is 5.02 Å². The molecule has 0 spiro atoms. The van der Waals surface area contributed by atoms with Gasteiger partial charge in [0.15, 0.2) is 0 Å². The number of non-ortho nitro benzene ring substituents is 1. The van der Waals surface area contributed by atoms with Crippen LogP contribution in [0, 0.1) is 10.1 Å². The molecule has 0 fully saturated rings. The van der Waals surface area contributed by atoms with E-state index in [1.807, 2.05) is 23.8 Å². The predicted octanol–water partition coefficient (Wildman–Crippen LogP) is 4.36. The van der Waals surface area contributed by atoms with Gasteiger partial charge in [-0.2, -0.15) is 11.3 Å². The van der Waals surface area contributed by atoms with Crippen LogP contribution in [0.25, 0.3) is 0 Å². The van der Waals surface area contributed by atoms with Crippen LogP contribution in [-0.4, -0.2) is 22.3 Å². The number of halogens is 1. The summed E-state index contributed by atoms with van der Waals surface area (Å²) in [5.74, 6) is -0.290. The fourth-order valence-corrected chi connectivity index (χ4v) is 2.94. The second-order valence-corrected chi connectivity index (χ2v) is 5.97. The summed E-state index contributed by atoms with van der Waals surface area (Å²) in [5, 5.41) is 15.0. The van der Waals surface area contributed by atoms with Crippen LogP contribution in [-0.2, 0) is 6.54 Å². The summed E-state index contributed by atoms with van der Waals surface area (Å²) < 4.78 is 0. The quantitative estimate of drug-likeness (QED) is 0.580. The highest BCUT2D eigenvalue weighted by Gasteiger charge is 2.21. The second kappa shape index (κ2) is 7.38. The third kappa shape index (κ3) is 3.84. The molecule has 0 aliphatic heterocycles. The molecule has 1 aromatic heterocycles. The number of hydrogen-bond acceptors (Lipinski definition) is 4. The number of carbonyl (C=O) groups excluding carboxylic acids is 1. The van der Waals surface area contributed by atoms with Crippen molar-refractivity contribution in [3.63, 3.8) is 0 Å². The van der Waals surface area contributed by atoms with Crippen molar-refractivity contribution in [1.29, 1.82) is 0 Å². The van der Waals surface area contributed by atoms with Crippen LogP contribution >= 0.6 is 22.9 Å². The third-order valence-electron chi connectivity index (χ3n) is 3.13. The minimum atomic E-state index is -0.532. The number of nitro groups is 1. The first-order valence-electron chi connectivity index (χ1n) is 6.77. The van der Waals surface area contributed by atoms with Crippen LogP contribution in [0.15, 0.2) is 35.0 Å². The minimum absolute atomic E-state index is 0.139. The zero-order valence-electron chi connectivity index (χ0n) is 12.0. The van der Waals surface area contributed by atoms with E-state index in [9.17, 15) is 14.9 Å². The highest BCUT2D eigenvalue weighted by molar-refractivity contribution is 7.07. The molecule has 1 amide bonds. The van der Waals surface area contributed by atoms with E-state index in [0.717, 1.165) is 12.0 Å². The van der Waals surface area contributed by atoms with Crippen molar-refractivity contribution in [2.24, 2.45) is 0 Å². The molecule has 116 valence electrons. The molecule has 2 aromatic rings. The zero-order chi connectivity index (χ0) is 16.1. The highest BCUT2D eigenvalue weighted by atomic mass is 35.5. The number of nitro benzene ring substituents is 1. The predicted molar refractivity (Wildman–Crippen MR) is 87.5 cm³/mol. The lowest BCUT2D eigenvalue weighted by Crippen LogP contribution is -2.31. The van der Waals surface area contributed by atoms with Gasteiger partial charge in [-0.05, 0) is 34.9 Å². The highest BCUT2D eigenvalue weighted by Crippen LogP contribution is 2.24.